The van der Waals surface area contributed by atoms with Crippen molar-refractivity contribution in [3.63, 3.8) is 0 Å². The van der Waals surface area contributed by atoms with E-state index in [1.807, 2.05) is 28.8 Å². The van der Waals surface area contributed by atoms with Crippen LogP contribution in [-0.4, -0.2) is 52.9 Å². The summed E-state index contributed by atoms with van der Waals surface area (Å²) in [5, 5.41) is 23.7. The highest BCUT2D eigenvalue weighted by Crippen LogP contribution is 2.30. The van der Waals surface area contributed by atoms with E-state index < -0.39 is 12.2 Å². The van der Waals surface area contributed by atoms with Crippen LogP contribution in [0.15, 0.2) is 30.6 Å². The molecule has 142 valence electrons. The van der Waals surface area contributed by atoms with Gasteiger partial charge in [0, 0.05) is 23.9 Å². The zero-order valence-corrected chi connectivity index (χ0v) is 16.4. The van der Waals surface area contributed by atoms with Crippen molar-refractivity contribution >= 4 is 51.9 Å². The number of hydrogen-bond acceptors (Lipinski definition) is 7. The minimum absolute atomic E-state index is 0.109. The van der Waals surface area contributed by atoms with Gasteiger partial charge in [0.2, 0.25) is 5.28 Å². The third-order valence-corrected chi connectivity index (χ3v) is 6.21. The molecule has 1 aromatic carbocycles. The zero-order valence-electron chi connectivity index (χ0n) is 14.1. The zero-order chi connectivity index (χ0) is 19.0. The Balaban J connectivity index is 1.58. The van der Waals surface area contributed by atoms with Crippen LogP contribution in [0.5, 0.6) is 0 Å². The minimum Gasteiger partial charge on any atom is -0.390 e. The predicted octanol–water partition coefficient (Wildman–Crippen LogP) is 2.58. The molecule has 0 bridgehead atoms. The smallest absolute Gasteiger partial charge is 0.226 e. The fourth-order valence-electron chi connectivity index (χ4n) is 3.03. The molecule has 0 saturated carbocycles. The topological polar surface area (TPSA) is 96.1 Å². The Bertz CT molecular complexity index is 970. The summed E-state index contributed by atoms with van der Waals surface area (Å²) in [6.07, 6.45) is 0.172. The van der Waals surface area contributed by atoms with Crippen LogP contribution in [0.4, 0.5) is 5.82 Å². The van der Waals surface area contributed by atoms with E-state index in [0.717, 1.165) is 5.56 Å². The Hall–Kier alpha value is -1.58. The van der Waals surface area contributed by atoms with Gasteiger partial charge in [0.15, 0.2) is 17.0 Å². The maximum Gasteiger partial charge on any atom is 0.226 e. The Labute approximate surface area is 169 Å². The summed E-state index contributed by atoms with van der Waals surface area (Å²) in [6, 6.07) is 7.53. The summed E-state index contributed by atoms with van der Waals surface area (Å²) in [5.41, 5.74) is 2.18. The molecule has 3 N–H and O–H groups in total. The van der Waals surface area contributed by atoms with Gasteiger partial charge in [-0.2, -0.15) is 21.7 Å². The van der Waals surface area contributed by atoms with Crippen LogP contribution in [-0.2, 0) is 13.1 Å². The molecule has 10 heteroatoms. The number of benzene rings is 1. The van der Waals surface area contributed by atoms with E-state index >= 15 is 0 Å². The molecule has 3 heterocycles. The highest BCUT2D eigenvalue weighted by Gasteiger charge is 2.34. The van der Waals surface area contributed by atoms with Crippen molar-refractivity contribution < 1.29 is 10.2 Å². The molecule has 1 aliphatic rings. The van der Waals surface area contributed by atoms with Crippen molar-refractivity contribution in [2.75, 3.05) is 11.1 Å². The van der Waals surface area contributed by atoms with E-state index in [0.29, 0.717) is 40.8 Å². The molecular formula is C17H17Cl2N5O2S. The van der Waals surface area contributed by atoms with Crippen LogP contribution >= 0.6 is 35.0 Å². The van der Waals surface area contributed by atoms with Crippen LogP contribution in [0.2, 0.25) is 10.3 Å². The lowest BCUT2D eigenvalue weighted by Gasteiger charge is -2.16. The van der Waals surface area contributed by atoms with Crippen molar-refractivity contribution in [1.29, 1.82) is 0 Å². The van der Waals surface area contributed by atoms with E-state index in [4.69, 9.17) is 23.2 Å². The number of rotatable bonds is 5. The summed E-state index contributed by atoms with van der Waals surface area (Å²) in [6.45, 7) is 0.986. The molecule has 1 saturated heterocycles. The number of imidazole rings is 1. The summed E-state index contributed by atoms with van der Waals surface area (Å²) < 4.78 is 1.83. The lowest BCUT2D eigenvalue weighted by molar-refractivity contribution is 0.0396. The molecule has 4 rings (SSSR count). The number of fused-ring (bicyclic) bond motifs is 1. The largest absolute Gasteiger partial charge is 0.390 e. The van der Waals surface area contributed by atoms with Gasteiger partial charge in [-0.15, -0.1) is 0 Å². The molecule has 27 heavy (non-hydrogen) atoms. The fraction of sp³-hybridized carbons (Fsp3) is 0.353. The molecule has 7 nitrogen and oxygen atoms in total. The first kappa shape index (κ1) is 18.8. The molecule has 3 aromatic rings. The number of nitrogens with zero attached hydrogens (tertiary/aromatic N) is 4. The number of halogens is 2. The number of aromatic nitrogens is 4. The van der Waals surface area contributed by atoms with E-state index in [2.05, 4.69) is 20.3 Å². The molecule has 0 spiro atoms. The van der Waals surface area contributed by atoms with Gasteiger partial charge in [0.05, 0.1) is 23.8 Å². The van der Waals surface area contributed by atoms with Crippen molar-refractivity contribution in [3.8, 4) is 0 Å². The van der Waals surface area contributed by atoms with Crippen LogP contribution in [0.1, 0.15) is 5.56 Å². The van der Waals surface area contributed by atoms with Gasteiger partial charge in [-0.1, -0.05) is 23.7 Å². The van der Waals surface area contributed by atoms with Crippen LogP contribution in [0, 0.1) is 0 Å². The molecule has 1 fully saturated rings. The van der Waals surface area contributed by atoms with Gasteiger partial charge >= 0.3 is 0 Å². The maximum absolute atomic E-state index is 10.1. The van der Waals surface area contributed by atoms with Crippen molar-refractivity contribution in [3.05, 3.63) is 46.5 Å². The number of aliphatic hydroxyl groups is 2. The Morgan fingerprint density at radius 1 is 1.26 bits per heavy atom. The van der Waals surface area contributed by atoms with Crippen molar-refractivity contribution in [1.82, 2.24) is 19.5 Å². The highest BCUT2D eigenvalue weighted by molar-refractivity contribution is 8.00. The molecule has 1 aliphatic heterocycles. The summed E-state index contributed by atoms with van der Waals surface area (Å²) in [7, 11) is 0. The fourth-order valence-corrected chi connectivity index (χ4v) is 4.69. The second-order valence-corrected chi connectivity index (χ2v) is 8.37. The maximum atomic E-state index is 10.1. The number of nitrogens with one attached hydrogen (secondary N) is 1. The lowest BCUT2D eigenvalue weighted by atomic mass is 10.1. The summed E-state index contributed by atoms with van der Waals surface area (Å²) in [4.78, 5) is 13.0. The van der Waals surface area contributed by atoms with Crippen LogP contribution in [0.3, 0.4) is 0 Å². The Kier molecular flexibility index (Phi) is 5.43. The van der Waals surface area contributed by atoms with Crippen LogP contribution in [0.25, 0.3) is 11.2 Å². The van der Waals surface area contributed by atoms with Gasteiger partial charge in [-0.05, 0) is 29.3 Å². The SMILES string of the molecule is OC1CSC(Cn2cnc3c(NCc4cccc(Cl)c4)nc(Cl)nc32)C1O. The molecule has 0 radical (unpaired) electrons. The predicted molar refractivity (Wildman–Crippen MR) is 107 cm³/mol. The Morgan fingerprint density at radius 3 is 2.85 bits per heavy atom. The van der Waals surface area contributed by atoms with E-state index in [9.17, 15) is 10.2 Å². The number of anilines is 1. The van der Waals surface area contributed by atoms with Gasteiger partial charge in [-0.25, -0.2) is 4.98 Å². The first-order valence-electron chi connectivity index (χ1n) is 8.35. The lowest BCUT2D eigenvalue weighted by Crippen LogP contribution is -2.31. The van der Waals surface area contributed by atoms with E-state index in [1.54, 1.807) is 6.33 Å². The average molecular weight is 426 g/mol. The number of hydrogen-bond donors (Lipinski definition) is 3. The van der Waals surface area contributed by atoms with Crippen molar-refractivity contribution in [2.45, 2.75) is 30.5 Å². The molecule has 0 amide bonds. The third-order valence-electron chi connectivity index (χ3n) is 4.42. The monoisotopic (exact) mass is 425 g/mol. The van der Waals surface area contributed by atoms with Crippen molar-refractivity contribution in [2.24, 2.45) is 0 Å². The van der Waals surface area contributed by atoms with Gasteiger partial charge in [0.1, 0.15) is 0 Å². The number of aliphatic hydroxyl groups excluding tert-OH is 2. The number of thioether (sulfide) groups is 1. The standard InChI is InChI=1S/C17H17Cl2N5O2S/c18-10-3-1-2-9(4-10)5-20-15-13-16(23-17(19)22-15)24(8-21-13)6-12-14(26)11(25)7-27-12/h1-4,8,11-12,14,25-26H,5-7H2,(H,20,22,23). The minimum atomic E-state index is -0.773. The Morgan fingerprint density at radius 2 is 2.11 bits per heavy atom. The second-order valence-electron chi connectivity index (χ2n) is 6.32. The molecule has 3 unspecified atom stereocenters. The van der Waals surface area contributed by atoms with Gasteiger partial charge < -0.3 is 20.1 Å². The molecular weight excluding hydrogens is 409 g/mol. The van der Waals surface area contributed by atoms with Crippen LogP contribution < -0.4 is 5.32 Å². The summed E-state index contributed by atoms with van der Waals surface area (Å²) >= 11 is 13.7. The normalized spacial score (nSPS) is 22.4. The molecule has 2 aromatic heterocycles. The second kappa shape index (κ2) is 7.81. The molecule has 3 atom stereocenters. The highest BCUT2D eigenvalue weighted by atomic mass is 35.5. The average Bonchev–Trinajstić information content (AvgIpc) is 3.18. The first-order chi connectivity index (χ1) is 13.0. The van der Waals surface area contributed by atoms with Gasteiger partial charge in [-0.3, -0.25) is 0 Å². The molecule has 0 aliphatic carbocycles. The van der Waals surface area contributed by atoms with E-state index in [1.165, 1.54) is 11.8 Å². The first-order valence-corrected chi connectivity index (χ1v) is 10.2. The third kappa shape index (κ3) is 4.00. The van der Waals surface area contributed by atoms with Gasteiger partial charge in [0.25, 0.3) is 0 Å². The summed E-state index contributed by atoms with van der Waals surface area (Å²) in [5.74, 6) is 1.05. The van der Waals surface area contributed by atoms with E-state index in [-0.39, 0.29) is 10.5 Å². The quantitative estimate of drug-likeness (QED) is 0.540.